The lowest BCUT2D eigenvalue weighted by Gasteiger charge is -1.96. The Hall–Kier alpha value is -1.95. The molecule has 100 valence electrons. The molecule has 0 bridgehead atoms. The van der Waals surface area contributed by atoms with Gasteiger partial charge in [0.15, 0.2) is 5.16 Å². The average molecular weight is 278 g/mol. The summed E-state index contributed by atoms with van der Waals surface area (Å²) in [5, 5.41) is 9.50. The van der Waals surface area contributed by atoms with Crippen LogP contribution < -0.4 is 4.74 Å². The Morgan fingerprint density at radius 1 is 1.58 bits per heavy atom. The number of hydrogen-bond acceptors (Lipinski definition) is 4. The number of ether oxygens (including phenoxy) is 1. The molecule has 1 heterocycles. The van der Waals surface area contributed by atoms with Gasteiger partial charge < -0.3 is 14.8 Å². The maximum Gasteiger partial charge on any atom is 0.330 e. The van der Waals surface area contributed by atoms with Gasteiger partial charge in [-0.15, -0.1) is 0 Å². The van der Waals surface area contributed by atoms with Gasteiger partial charge in [-0.3, -0.25) is 0 Å². The first-order valence-corrected chi connectivity index (χ1v) is 6.65. The number of H-pyrrole nitrogens is 1. The van der Waals surface area contributed by atoms with E-state index in [0.29, 0.717) is 11.3 Å². The summed E-state index contributed by atoms with van der Waals surface area (Å²) < 4.78 is 5.14. The van der Waals surface area contributed by atoms with E-state index in [4.69, 9.17) is 9.84 Å². The van der Waals surface area contributed by atoms with E-state index in [2.05, 4.69) is 9.97 Å². The number of rotatable bonds is 5. The third kappa shape index (κ3) is 3.29. The molecular formula is C13H14N2O3S. The van der Waals surface area contributed by atoms with Gasteiger partial charge in [0.05, 0.1) is 18.1 Å². The van der Waals surface area contributed by atoms with Crippen LogP contribution in [0.4, 0.5) is 0 Å². The molecule has 0 unspecified atom stereocenters. The highest BCUT2D eigenvalue weighted by Crippen LogP contribution is 2.23. The van der Waals surface area contributed by atoms with Crippen LogP contribution in [-0.2, 0) is 4.79 Å². The standard InChI is InChI=1S/C13H14N2O3S/c1-8(12(16)17)5-6-19-13-14-10-4-3-9(18-2)7-11(10)15-13/h3-5,7H,6H2,1-2H3,(H,14,15)(H,16,17). The van der Waals surface area contributed by atoms with Crippen molar-refractivity contribution >= 4 is 28.8 Å². The number of aromatic nitrogens is 2. The fourth-order valence-electron chi connectivity index (χ4n) is 1.49. The van der Waals surface area contributed by atoms with E-state index in [1.165, 1.54) is 11.8 Å². The van der Waals surface area contributed by atoms with Crippen LogP contribution in [0.5, 0.6) is 5.75 Å². The number of nitrogens with one attached hydrogen (secondary N) is 1. The number of fused-ring (bicyclic) bond motifs is 1. The molecule has 0 aliphatic rings. The van der Waals surface area contributed by atoms with E-state index in [-0.39, 0.29) is 0 Å². The Morgan fingerprint density at radius 2 is 2.37 bits per heavy atom. The van der Waals surface area contributed by atoms with Crippen molar-refractivity contribution in [3.05, 3.63) is 29.8 Å². The van der Waals surface area contributed by atoms with Crippen LogP contribution in [0.2, 0.25) is 0 Å². The van der Waals surface area contributed by atoms with Gasteiger partial charge in [0, 0.05) is 17.4 Å². The zero-order valence-corrected chi connectivity index (χ0v) is 11.5. The maximum atomic E-state index is 10.6. The summed E-state index contributed by atoms with van der Waals surface area (Å²) in [6, 6.07) is 5.61. The number of benzene rings is 1. The van der Waals surface area contributed by atoms with Crippen LogP contribution in [0.15, 0.2) is 35.0 Å². The minimum absolute atomic E-state index is 0.338. The molecule has 0 saturated heterocycles. The Bertz CT molecular complexity index is 634. The number of aliphatic carboxylic acids is 1. The fraction of sp³-hybridized carbons (Fsp3) is 0.231. The average Bonchev–Trinajstić information content (AvgIpc) is 2.79. The van der Waals surface area contributed by atoms with Gasteiger partial charge in [0.1, 0.15) is 5.75 Å². The zero-order chi connectivity index (χ0) is 13.8. The predicted octanol–water partition coefficient (Wildman–Crippen LogP) is 2.69. The molecule has 1 aromatic heterocycles. The third-order valence-corrected chi connectivity index (χ3v) is 3.41. The van der Waals surface area contributed by atoms with Crippen molar-refractivity contribution in [2.24, 2.45) is 0 Å². The fourth-order valence-corrected chi connectivity index (χ4v) is 2.33. The van der Waals surface area contributed by atoms with Crippen LogP contribution in [0.1, 0.15) is 6.92 Å². The van der Waals surface area contributed by atoms with Gasteiger partial charge in [-0.25, -0.2) is 9.78 Å². The van der Waals surface area contributed by atoms with Crippen LogP contribution in [-0.4, -0.2) is 33.9 Å². The zero-order valence-electron chi connectivity index (χ0n) is 10.6. The topological polar surface area (TPSA) is 75.2 Å². The molecule has 0 atom stereocenters. The largest absolute Gasteiger partial charge is 0.497 e. The molecule has 0 spiro atoms. The van der Waals surface area contributed by atoms with Gasteiger partial charge in [-0.05, 0) is 19.1 Å². The van der Waals surface area contributed by atoms with E-state index < -0.39 is 5.97 Å². The first kappa shape index (κ1) is 13.5. The second kappa shape index (κ2) is 5.79. The number of carboxylic acids is 1. The predicted molar refractivity (Wildman–Crippen MR) is 74.8 cm³/mol. The van der Waals surface area contributed by atoms with E-state index >= 15 is 0 Å². The van der Waals surface area contributed by atoms with Crippen molar-refractivity contribution in [1.29, 1.82) is 0 Å². The molecule has 0 aliphatic heterocycles. The van der Waals surface area contributed by atoms with Crippen LogP contribution in [0.3, 0.4) is 0 Å². The Kier molecular flexibility index (Phi) is 4.11. The summed E-state index contributed by atoms with van der Waals surface area (Å²) >= 11 is 1.46. The number of thioether (sulfide) groups is 1. The highest BCUT2D eigenvalue weighted by Gasteiger charge is 2.04. The molecule has 5 nitrogen and oxygen atoms in total. The smallest absolute Gasteiger partial charge is 0.330 e. The molecule has 6 heteroatoms. The van der Waals surface area contributed by atoms with E-state index in [1.54, 1.807) is 20.1 Å². The molecule has 0 aliphatic carbocycles. The van der Waals surface area contributed by atoms with Gasteiger partial charge in [0.25, 0.3) is 0 Å². The van der Waals surface area contributed by atoms with Gasteiger partial charge in [0.2, 0.25) is 0 Å². The van der Waals surface area contributed by atoms with Crippen LogP contribution in [0, 0.1) is 0 Å². The first-order chi connectivity index (χ1) is 9.10. The van der Waals surface area contributed by atoms with Gasteiger partial charge in [-0.1, -0.05) is 17.8 Å². The highest BCUT2D eigenvalue weighted by atomic mass is 32.2. The molecule has 2 rings (SSSR count). The van der Waals surface area contributed by atoms with Crippen LogP contribution >= 0.6 is 11.8 Å². The number of hydrogen-bond donors (Lipinski definition) is 2. The summed E-state index contributed by atoms with van der Waals surface area (Å²) in [5.41, 5.74) is 2.10. The highest BCUT2D eigenvalue weighted by molar-refractivity contribution is 7.99. The number of imidazole rings is 1. The molecule has 1 aromatic carbocycles. The lowest BCUT2D eigenvalue weighted by Crippen LogP contribution is -1.96. The van der Waals surface area contributed by atoms with Gasteiger partial charge >= 0.3 is 5.97 Å². The number of methoxy groups -OCH3 is 1. The lowest BCUT2D eigenvalue weighted by atomic mass is 10.3. The molecule has 0 radical (unpaired) electrons. The van der Waals surface area contributed by atoms with E-state index in [0.717, 1.165) is 21.9 Å². The molecular weight excluding hydrogens is 264 g/mol. The third-order valence-electron chi connectivity index (χ3n) is 2.61. The van der Waals surface area contributed by atoms with Crippen LogP contribution in [0.25, 0.3) is 11.0 Å². The Morgan fingerprint density at radius 3 is 3.05 bits per heavy atom. The molecule has 19 heavy (non-hydrogen) atoms. The molecule has 0 saturated carbocycles. The number of aromatic amines is 1. The summed E-state index contributed by atoms with van der Waals surface area (Å²) in [4.78, 5) is 18.2. The minimum atomic E-state index is -0.894. The van der Waals surface area contributed by atoms with E-state index in [1.807, 2.05) is 18.2 Å². The van der Waals surface area contributed by atoms with Crippen molar-refractivity contribution in [3.8, 4) is 5.75 Å². The summed E-state index contributed by atoms with van der Waals surface area (Å²) in [6.45, 7) is 1.58. The lowest BCUT2D eigenvalue weighted by molar-refractivity contribution is -0.132. The van der Waals surface area contributed by atoms with Crippen molar-refractivity contribution in [2.75, 3.05) is 12.9 Å². The second-order valence-electron chi connectivity index (χ2n) is 3.93. The van der Waals surface area contributed by atoms with Crippen molar-refractivity contribution in [3.63, 3.8) is 0 Å². The summed E-state index contributed by atoms with van der Waals surface area (Å²) in [7, 11) is 1.62. The summed E-state index contributed by atoms with van der Waals surface area (Å²) in [5.74, 6) is 0.444. The molecule has 2 N–H and O–H groups in total. The van der Waals surface area contributed by atoms with Crippen molar-refractivity contribution < 1.29 is 14.6 Å². The van der Waals surface area contributed by atoms with Gasteiger partial charge in [-0.2, -0.15) is 0 Å². The minimum Gasteiger partial charge on any atom is -0.497 e. The summed E-state index contributed by atoms with van der Waals surface area (Å²) in [6.07, 6.45) is 1.67. The second-order valence-corrected chi connectivity index (χ2v) is 4.94. The normalized spacial score (nSPS) is 11.8. The number of carbonyl (C=O) groups is 1. The SMILES string of the molecule is COc1ccc2nc(SCC=C(C)C(=O)O)[nH]c2c1. The number of nitrogens with zero attached hydrogens (tertiary/aromatic N) is 1. The quantitative estimate of drug-likeness (QED) is 0.649. The molecule has 2 aromatic rings. The Labute approximate surface area is 114 Å². The first-order valence-electron chi connectivity index (χ1n) is 5.67. The van der Waals surface area contributed by atoms with Crippen molar-refractivity contribution in [2.45, 2.75) is 12.1 Å². The Balaban J connectivity index is 2.09. The number of carboxylic acid groups (broad SMARTS) is 1. The van der Waals surface area contributed by atoms with E-state index in [9.17, 15) is 4.79 Å². The molecule has 0 fully saturated rings. The molecule has 0 amide bonds. The van der Waals surface area contributed by atoms with Crippen molar-refractivity contribution in [1.82, 2.24) is 9.97 Å². The maximum absolute atomic E-state index is 10.6. The monoisotopic (exact) mass is 278 g/mol.